The molecule has 0 aliphatic heterocycles. The van der Waals surface area contributed by atoms with Crippen LogP contribution in [0.3, 0.4) is 0 Å². The molecule has 1 aromatic heterocycles. The van der Waals surface area contributed by atoms with E-state index < -0.39 is 0 Å². The van der Waals surface area contributed by atoms with Crippen molar-refractivity contribution >= 4 is 18.0 Å². The predicted octanol–water partition coefficient (Wildman–Crippen LogP) is 4.76. The van der Waals surface area contributed by atoms with Crippen LogP contribution < -0.4 is 4.74 Å². The molecule has 0 amide bonds. The minimum Gasteiger partial charge on any atom is -0.486 e. The van der Waals surface area contributed by atoms with Crippen LogP contribution in [0.5, 0.6) is 5.75 Å². The van der Waals surface area contributed by atoms with Crippen LogP contribution >= 0.6 is 11.8 Å². The highest BCUT2D eigenvalue weighted by molar-refractivity contribution is 7.98. The van der Waals surface area contributed by atoms with E-state index in [-0.39, 0.29) is 5.41 Å². The predicted molar refractivity (Wildman–Crippen MR) is 111 cm³/mol. The zero-order valence-corrected chi connectivity index (χ0v) is 16.9. The summed E-state index contributed by atoms with van der Waals surface area (Å²) < 4.78 is 7.52. The molecule has 1 heterocycles. The second-order valence-electron chi connectivity index (χ2n) is 7.13. The molecule has 0 saturated heterocycles. The monoisotopic (exact) mass is 380 g/mol. The Labute approximate surface area is 164 Å². The highest BCUT2D eigenvalue weighted by Gasteiger charge is 2.13. The Morgan fingerprint density at radius 1 is 1.04 bits per heavy atom. The minimum absolute atomic E-state index is 0.137. The Hall–Kier alpha value is -2.60. The van der Waals surface area contributed by atoms with E-state index in [1.165, 1.54) is 17.3 Å². The maximum atomic E-state index is 5.79. The molecule has 6 heteroatoms. The zero-order valence-electron chi connectivity index (χ0n) is 16.1. The fourth-order valence-corrected chi connectivity index (χ4v) is 2.94. The van der Waals surface area contributed by atoms with E-state index in [9.17, 15) is 0 Å². The first-order valence-corrected chi connectivity index (χ1v) is 10.0. The molecule has 0 radical (unpaired) electrons. The van der Waals surface area contributed by atoms with Crippen molar-refractivity contribution in [1.29, 1.82) is 0 Å². The lowest BCUT2D eigenvalue weighted by Gasteiger charge is -2.18. The molecule has 0 aliphatic rings. The Balaban J connectivity index is 1.77. The molecule has 27 heavy (non-hydrogen) atoms. The van der Waals surface area contributed by atoms with Gasteiger partial charge in [0.25, 0.3) is 0 Å². The first-order valence-electron chi connectivity index (χ1n) is 8.78. The Kier molecular flexibility index (Phi) is 5.96. The van der Waals surface area contributed by atoms with Crippen LogP contribution in [0, 0.1) is 0 Å². The first-order chi connectivity index (χ1) is 13.0. The average molecular weight is 381 g/mol. The third kappa shape index (κ3) is 4.98. The fourth-order valence-electron chi connectivity index (χ4n) is 2.49. The van der Waals surface area contributed by atoms with E-state index in [1.807, 2.05) is 42.8 Å². The van der Waals surface area contributed by atoms with Crippen LogP contribution in [0.25, 0.3) is 0 Å². The first kappa shape index (κ1) is 19.2. The van der Waals surface area contributed by atoms with Gasteiger partial charge in [-0.1, -0.05) is 75.0 Å². The summed E-state index contributed by atoms with van der Waals surface area (Å²) >= 11 is 1.50. The number of hydrogen-bond donors (Lipinski definition) is 0. The van der Waals surface area contributed by atoms with Gasteiger partial charge in [-0.15, -0.1) is 10.2 Å². The Morgan fingerprint density at radius 2 is 1.74 bits per heavy atom. The number of ether oxygens (including phenoxy) is 1. The highest BCUT2D eigenvalue weighted by atomic mass is 32.2. The molecule has 3 rings (SSSR count). The van der Waals surface area contributed by atoms with Crippen LogP contribution in [0.1, 0.15) is 37.7 Å². The van der Waals surface area contributed by atoms with Gasteiger partial charge in [0.2, 0.25) is 5.16 Å². The topological polar surface area (TPSA) is 52.3 Å². The number of para-hydroxylation sites is 1. The summed E-state index contributed by atoms with van der Waals surface area (Å²) in [5, 5.41) is 13.7. The lowest BCUT2D eigenvalue weighted by molar-refractivity contribution is 0.290. The van der Waals surface area contributed by atoms with Crippen molar-refractivity contribution in [3.63, 3.8) is 0 Å². The summed E-state index contributed by atoms with van der Waals surface area (Å²) in [6.45, 7) is 6.92. The molecule has 0 saturated carbocycles. The van der Waals surface area contributed by atoms with Gasteiger partial charge in [-0.3, -0.25) is 0 Å². The van der Waals surface area contributed by atoms with Gasteiger partial charge in [0, 0.05) is 0 Å². The van der Waals surface area contributed by atoms with Crippen molar-refractivity contribution in [2.24, 2.45) is 5.10 Å². The fraction of sp³-hybridized carbons (Fsp3) is 0.286. The molecule has 0 bridgehead atoms. The van der Waals surface area contributed by atoms with Gasteiger partial charge >= 0.3 is 0 Å². The molecular weight excluding hydrogens is 356 g/mol. The van der Waals surface area contributed by atoms with Crippen molar-refractivity contribution in [3.8, 4) is 5.75 Å². The van der Waals surface area contributed by atoms with Crippen LogP contribution in [0.2, 0.25) is 0 Å². The molecule has 3 aromatic rings. The second kappa shape index (κ2) is 8.39. The quantitative estimate of drug-likeness (QED) is 0.457. The molecule has 0 N–H and O–H groups in total. The van der Waals surface area contributed by atoms with Gasteiger partial charge in [0.1, 0.15) is 12.4 Å². The molecule has 140 valence electrons. The van der Waals surface area contributed by atoms with E-state index in [0.717, 1.165) is 16.5 Å². The second-order valence-corrected chi connectivity index (χ2v) is 7.91. The van der Waals surface area contributed by atoms with Gasteiger partial charge in [0.15, 0.2) is 5.82 Å². The van der Waals surface area contributed by atoms with Crippen LogP contribution in [0.4, 0.5) is 0 Å². The maximum Gasteiger partial charge on any atom is 0.211 e. The molecule has 2 aromatic carbocycles. The SMILES string of the molecule is CSc1nnc(COc2ccccc2)n1/N=C\c1ccc(C(C)(C)C)cc1. The minimum atomic E-state index is 0.137. The summed E-state index contributed by atoms with van der Waals surface area (Å²) in [5.74, 6) is 1.45. The van der Waals surface area contributed by atoms with Crippen LogP contribution in [0.15, 0.2) is 64.9 Å². The van der Waals surface area contributed by atoms with Gasteiger partial charge in [-0.25, -0.2) is 0 Å². The lowest BCUT2D eigenvalue weighted by atomic mass is 9.87. The van der Waals surface area contributed by atoms with Crippen LogP contribution in [-0.4, -0.2) is 27.3 Å². The number of nitrogens with zero attached hydrogens (tertiary/aromatic N) is 4. The molecule has 0 atom stereocenters. The largest absolute Gasteiger partial charge is 0.486 e. The van der Waals surface area contributed by atoms with Crippen molar-refractivity contribution in [2.45, 2.75) is 37.9 Å². The van der Waals surface area contributed by atoms with E-state index in [1.54, 1.807) is 4.68 Å². The number of aromatic nitrogens is 3. The summed E-state index contributed by atoms with van der Waals surface area (Å²) in [5.41, 5.74) is 2.46. The molecule has 0 aliphatic carbocycles. The van der Waals surface area contributed by atoms with E-state index in [2.05, 4.69) is 60.3 Å². The molecule has 0 fully saturated rings. The summed E-state index contributed by atoms with van der Waals surface area (Å²) in [4.78, 5) is 0. The van der Waals surface area contributed by atoms with Gasteiger partial charge in [0.05, 0.1) is 6.21 Å². The van der Waals surface area contributed by atoms with E-state index >= 15 is 0 Å². The molecule has 0 unspecified atom stereocenters. The molecule has 5 nitrogen and oxygen atoms in total. The summed E-state index contributed by atoms with van der Waals surface area (Å²) in [6, 6.07) is 18.1. The molecular formula is C21H24N4OS. The number of benzene rings is 2. The summed E-state index contributed by atoms with van der Waals surface area (Å²) in [6.07, 6.45) is 3.78. The van der Waals surface area contributed by atoms with Gasteiger partial charge in [-0.2, -0.15) is 9.78 Å². The van der Waals surface area contributed by atoms with Crippen molar-refractivity contribution in [3.05, 3.63) is 71.5 Å². The summed E-state index contributed by atoms with van der Waals surface area (Å²) in [7, 11) is 0. The van der Waals surface area contributed by atoms with Crippen molar-refractivity contribution < 1.29 is 4.74 Å². The van der Waals surface area contributed by atoms with Gasteiger partial charge < -0.3 is 4.74 Å². The number of thioether (sulfide) groups is 1. The smallest absolute Gasteiger partial charge is 0.211 e. The number of hydrogen-bond acceptors (Lipinski definition) is 5. The average Bonchev–Trinajstić information content (AvgIpc) is 3.07. The Bertz CT molecular complexity index is 896. The normalized spacial score (nSPS) is 11.9. The highest BCUT2D eigenvalue weighted by Crippen LogP contribution is 2.22. The zero-order chi connectivity index (χ0) is 19.3. The third-order valence-electron chi connectivity index (χ3n) is 4.07. The maximum absolute atomic E-state index is 5.79. The van der Waals surface area contributed by atoms with Crippen LogP contribution in [-0.2, 0) is 12.0 Å². The van der Waals surface area contributed by atoms with E-state index in [0.29, 0.717) is 12.4 Å². The van der Waals surface area contributed by atoms with Gasteiger partial charge in [-0.05, 0) is 34.9 Å². The Morgan fingerprint density at radius 3 is 2.37 bits per heavy atom. The third-order valence-corrected chi connectivity index (χ3v) is 4.69. The van der Waals surface area contributed by atoms with Crippen molar-refractivity contribution in [2.75, 3.05) is 6.26 Å². The lowest BCUT2D eigenvalue weighted by Crippen LogP contribution is -2.10. The standard InChI is InChI=1S/C21H24N4OS/c1-21(2,3)17-12-10-16(11-13-17)14-22-25-19(23-24-20(25)27-4)15-26-18-8-6-5-7-9-18/h5-14H,15H2,1-4H3/b22-14-. The van der Waals surface area contributed by atoms with E-state index in [4.69, 9.17) is 4.74 Å². The number of rotatable bonds is 6. The van der Waals surface area contributed by atoms with Crippen molar-refractivity contribution in [1.82, 2.24) is 14.9 Å². The molecule has 0 spiro atoms.